The molecule has 0 fully saturated rings. The Morgan fingerprint density at radius 2 is 1.62 bits per heavy atom. The lowest BCUT2D eigenvalue weighted by atomic mass is 9.95. The van der Waals surface area contributed by atoms with E-state index in [2.05, 4.69) is 16.4 Å². The fourth-order valence-corrected chi connectivity index (χ4v) is 5.43. The minimum Gasteiger partial charge on any atom is -0.489 e. The first-order chi connectivity index (χ1) is 19.0. The molecule has 6 heteroatoms. The van der Waals surface area contributed by atoms with Crippen LogP contribution in [0.2, 0.25) is 0 Å². The van der Waals surface area contributed by atoms with E-state index in [1.165, 1.54) is 0 Å². The molecule has 0 bridgehead atoms. The number of carbonyl (C=O) groups is 2. The van der Waals surface area contributed by atoms with Gasteiger partial charge in [-0.2, -0.15) is 0 Å². The number of nitrogens with one attached hydrogen (secondary N) is 2. The molecule has 0 aliphatic carbocycles. The zero-order valence-electron chi connectivity index (χ0n) is 21.8. The second kappa shape index (κ2) is 10.1. The van der Waals surface area contributed by atoms with Crippen LogP contribution in [-0.2, 0) is 11.4 Å². The summed E-state index contributed by atoms with van der Waals surface area (Å²) in [5, 5.41) is 4.04. The van der Waals surface area contributed by atoms with E-state index in [0.717, 1.165) is 33.3 Å². The van der Waals surface area contributed by atoms with E-state index in [0.29, 0.717) is 23.6 Å². The van der Waals surface area contributed by atoms with Crippen molar-refractivity contribution in [3.05, 3.63) is 131 Å². The average molecular weight is 516 g/mol. The lowest BCUT2D eigenvalue weighted by molar-refractivity contribution is -0.120. The number of aryl methyl sites for hydroxylation is 1. The quantitative estimate of drug-likeness (QED) is 0.256. The van der Waals surface area contributed by atoms with Crippen molar-refractivity contribution >= 4 is 28.4 Å². The molecule has 0 saturated carbocycles. The number of aromatic nitrogens is 1. The van der Waals surface area contributed by atoms with Crippen LogP contribution in [0.15, 0.2) is 103 Å². The van der Waals surface area contributed by atoms with Crippen LogP contribution in [0.3, 0.4) is 0 Å². The lowest BCUT2D eigenvalue weighted by Gasteiger charge is -2.31. The van der Waals surface area contributed by atoms with Crippen LogP contribution in [0.5, 0.6) is 5.75 Å². The smallest absolute Gasteiger partial charge is 0.255 e. The monoisotopic (exact) mass is 515 g/mol. The fourth-order valence-electron chi connectivity index (χ4n) is 5.43. The highest BCUT2D eigenvalue weighted by molar-refractivity contribution is 6.05. The van der Waals surface area contributed by atoms with Gasteiger partial charge in [-0.3, -0.25) is 9.59 Å². The maximum atomic E-state index is 13.7. The topological polar surface area (TPSA) is 74.4 Å². The number of para-hydroxylation sites is 1. The molecule has 0 spiro atoms. The van der Waals surface area contributed by atoms with Crippen LogP contribution >= 0.6 is 0 Å². The molecule has 4 aromatic carbocycles. The summed E-state index contributed by atoms with van der Waals surface area (Å²) in [6.45, 7) is 4.27. The molecule has 2 amide bonds. The Morgan fingerprint density at radius 3 is 2.41 bits per heavy atom. The van der Waals surface area contributed by atoms with Gasteiger partial charge in [0.15, 0.2) is 0 Å². The fraction of sp³-hybridized carbons (Fsp3) is 0.152. The average Bonchev–Trinajstić information content (AvgIpc) is 3.45. The molecule has 1 aliphatic rings. The van der Waals surface area contributed by atoms with Crippen LogP contribution in [0.1, 0.15) is 45.7 Å². The van der Waals surface area contributed by atoms with Gasteiger partial charge in [-0.25, -0.2) is 0 Å². The van der Waals surface area contributed by atoms with Gasteiger partial charge in [0.05, 0.1) is 6.04 Å². The minimum absolute atomic E-state index is 0.146. The molecule has 1 aliphatic heterocycles. The number of rotatable bonds is 7. The highest BCUT2D eigenvalue weighted by atomic mass is 16.5. The Hall–Kier alpha value is -4.84. The van der Waals surface area contributed by atoms with E-state index in [4.69, 9.17) is 4.74 Å². The second-order valence-electron chi connectivity index (χ2n) is 9.88. The number of amides is 2. The third-order valence-electron chi connectivity index (χ3n) is 7.38. The third-order valence-corrected chi connectivity index (χ3v) is 7.38. The molecule has 2 atom stereocenters. The Labute approximate surface area is 227 Å². The number of nitrogens with zero attached hydrogens (tertiary/aromatic N) is 1. The first-order valence-corrected chi connectivity index (χ1v) is 13.1. The molecule has 39 heavy (non-hydrogen) atoms. The number of H-pyrrole nitrogens is 1. The van der Waals surface area contributed by atoms with Crippen LogP contribution < -0.4 is 10.1 Å². The van der Waals surface area contributed by atoms with E-state index in [1.54, 1.807) is 11.8 Å². The van der Waals surface area contributed by atoms with Crippen molar-refractivity contribution in [2.75, 3.05) is 5.32 Å². The first kappa shape index (κ1) is 24.5. The molecule has 6 nitrogen and oxygen atoms in total. The van der Waals surface area contributed by atoms with E-state index in [1.807, 2.05) is 104 Å². The highest BCUT2D eigenvalue weighted by Gasteiger charge is 2.43. The van der Waals surface area contributed by atoms with Gasteiger partial charge >= 0.3 is 0 Å². The SMILES string of the molecule is Cc1[nH]c2ccccc2c1C1c2ccccc2C(=O)N1C(C)C(=O)Nc1ccc(OCc2ccccc2)cc1. The molecule has 1 aromatic heterocycles. The molecular formula is C33H29N3O3. The van der Waals surface area contributed by atoms with Gasteiger partial charge < -0.3 is 19.9 Å². The molecule has 2 N–H and O–H groups in total. The molecule has 2 unspecified atom stereocenters. The summed E-state index contributed by atoms with van der Waals surface area (Å²) in [4.78, 5) is 32.4. The molecular weight excluding hydrogens is 486 g/mol. The molecule has 194 valence electrons. The van der Waals surface area contributed by atoms with Crippen molar-refractivity contribution in [2.24, 2.45) is 0 Å². The van der Waals surface area contributed by atoms with Crippen molar-refractivity contribution in [3.63, 3.8) is 0 Å². The first-order valence-electron chi connectivity index (χ1n) is 13.1. The number of fused-ring (bicyclic) bond motifs is 2. The maximum Gasteiger partial charge on any atom is 0.255 e. The number of hydrogen-bond acceptors (Lipinski definition) is 3. The normalized spacial score (nSPS) is 15.3. The zero-order valence-corrected chi connectivity index (χ0v) is 21.8. The third kappa shape index (κ3) is 4.55. The van der Waals surface area contributed by atoms with Gasteiger partial charge in [-0.1, -0.05) is 66.7 Å². The molecule has 0 saturated heterocycles. The van der Waals surface area contributed by atoms with Crippen LogP contribution in [-0.4, -0.2) is 27.7 Å². The second-order valence-corrected chi connectivity index (χ2v) is 9.88. The van der Waals surface area contributed by atoms with Crippen molar-refractivity contribution < 1.29 is 14.3 Å². The Kier molecular flexibility index (Phi) is 6.37. The Bertz CT molecular complexity index is 1660. The van der Waals surface area contributed by atoms with Crippen molar-refractivity contribution in [1.29, 1.82) is 0 Å². The Balaban J connectivity index is 1.24. The van der Waals surface area contributed by atoms with E-state index in [-0.39, 0.29) is 17.9 Å². The minimum atomic E-state index is -0.711. The molecule has 5 aromatic rings. The highest BCUT2D eigenvalue weighted by Crippen LogP contribution is 2.43. The van der Waals surface area contributed by atoms with Gasteiger partial charge in [-0.15, -0.1) is 0 Å². The number of carbonyl (C=O) groups excluding carboxylic acids is 2. The summed E-state index contributed by atoms with van der Waals surface area (Å²) in [5.74, 6) is 0.314. The van der Waals surface area contributed by atoms with E-state index in [9.17, 15) is 9.59 Å². The summed E-state index contributed by atoms with van der Waals surface area (Å²) in [6, 6.07) is 31.9. The Morgan fingerprint density at radius 1 is 0.923 bits per heavy atom. The maximum absolute atomic E-state index is 13.7. The van der Waals surface area contributed by atoms with Crippen LogP contribution in [0.25, 0.3) is 10.9 Å². The lowest BCUT2D eigenvalue weighted by Crippen LogP contribution is -2.44. The van der Waals surface area contributed by atoms with Crippen LogP contribution in [0.4, 0.5) is 5.69 Å². The predicted molar refractivity (Wildman–Crippen MR) is 153 cm³/mol. The van der Waals surface area contributed by atoms with Gasteiger partial charge in [0.1, 0.15) is 18.4 Å². The number of ether oxygens (including phenoxy) is 1. The molecule has 0 radical (unpaired) electrons. The number of aromatic amines is 1. The number of hydrogen-bond donors (Lipinski definition) is 2. The van der Waals surface area contributed by atoms with E-state index >= 15 is 0 Å². The van der Waals surface area contributed by atoms with Gasteiger partial charge in [0.2, 0.25) is 5.91 Å². The van der Waals surface area contributed by atoms with Gasteiger partial charge in [0, 0.05) is 33.4 Å². The number of anilines is 1. The summed E-state index contributed by atoms with van der Waals surface area (Å²) in [7, 11) is 0. The standard InChI is InChI=1S/C33H29N3O3/c1-21-30(28-14-8-9-15-29(28)34-21)31-26-12-6-7-13-27(26)33(38)36(31)22(2)32(37)35-24-16-18-25(19-17-24)39-20-23-10-4-3-5-11-23/h3-19,22,31,34H,20H2,1-2H3,(H,35,37). The predicted octanol–water partition coefficient (Wildman–Crippen LogP) is 6.63. The van der Waals surface area contributed by atoms with E-state index < -0.39 is 6.04 Å². The van der Waals surface area contributed by atoms with Gasteiger partial charge in [0.25, 0.3) is 5.91 Å². The summed E-state index contributed by atoms with van der Waals surface area (Å²) < 4.78 is 5.86. The van der Waals surface area contributed by atoms with Crippen molar-refractivity contribution in [1.82, 2.24) is 9.88 Å². The molecule has 6 rings (SSSR count). The van der Waals surface area contributed by atoms with Crippen molar-refractivity contribution in [3.8, 4) is 5.75 Å². The largest absolute Gasteiger partial charge is 0.489 e. The summed E-state index contributed by atoms with van der Waals surface area (Å²) in [6.07, 6.45) is 0. The van der Waals surface area contributed by atoms with Gasteiger partial charge in [-0.05, 0) is 61.4 Å². The summed E-state index contributed by atoms with van der Waals surface area (Å²) >= 11 is 0. The zero-order chi connectivity index (χ0) is 26.9. The number of benzene rings is 4. The molecule has 2 heterocycles. The van der Waals surface area contributed by atoms with Crippen LogP contribution in [0, 0.1) is 6.92 Å². The van der Waals surface area contributed by atoms with Crippen molar-refractivity contribution in [2.45, 2.75) is 32.5 Å². The summed E-state index contributed by atoms with van der Waals surface area (Å²) in [5.41, 5.74) is 6.27.